The highest BCUT2D eigenvalue weighted by molar-refractivity contribution is 7.91. The van der Waals surface area contributed by atoms with Crippen molar-refractivity contribution in [1.29, 1.82) is 0 Å². The highest BCUT2D eigenvalue weighted by atomic mass is 32.2. The Morgan fingerprint density at radius 1 is 0.733 bits per heavy atom. The number of sulfone groups is 1. The second-order valence-corrected chi connectivity index (χ2v) is 12.1. The van der Waals surface area contributed by atoms with Gasteiger partial charge in [0.15, 0.2) is 9.84 Å². The molecule has 164 valence electrons. The quantitative estimate of drug-likeness (QED) is 0.676. The number of rotatable bonds is 6. The molecule has 0 atom stereocenters. The molecular weight excluding hydrogens is 420 g/mol. The molecule has 6 nitrogen and oxygen atoms in total. The van der Waals surface area contributed by atoms with E-state index in [0.717, 1.165) is 22.3 Å². The largest absolute Gasteiger partial charge is 0.300 e. The van der Waals surface area contributed by atoms with Gasteiger partial charge in [0.05, 0.1) is 15.5 Å². The van der Waals surface area contributed by atoms with Gasteiger partial charge in [-0.1, -0.05) is 29.8 Å². The lowest BCUT2D eigenvalue weighted by Crippen LogP contribution is -2.49. The first-order valence-electron chi connectivity index (χ1n) is 10.1. The lowest BCUT2D eigenvalue weighted by Gasteiger charge is -2.34. The molecule has 0 spiro atoms. The Labute approximate surface area is 180 Å². The third-order valence-corrected chi connectivity index (χ3v) is 9.52. The number of piperazine rings is 1. The molecule has 1 heterocycles. The van der Waals surface area contributed by atoms with Crippen LogP contribution in [0.15, 0.2) is 46.2 Å². The molecule has 0 N–H and O–H groups in total. The van der Waals surface area contributed by atoms with Crippen LogP contribution < -0.4 is 0 Å². The molecule has 1 aliphatic rings. The minimum atomic E-state index is -3.54. The van der Waals surface area contributed by atoms with Gasteiger partial charge < -0.3 is 0 Å². The van der Waals surface area contributed by atoms with Crippen molar-refractivity contribution in [3.63, 3.8) is 0 Å². The van der Waals surface area contributed by atoms with Gasteiger partial charge in [-0.25, -0.2) is 16.8 Å². The van der Waals surface area contributed by atoms with Gasteiger partial charge in [-0.2, -0.15) is 4.31 Å². The van der Waals surface area contributed by atoms with Crippen LogP contribution in [-0.4, -0.2) is 64.5 Å². The fraction of sp³-hybridized carbons (Fsp3) is 0.455. The van der Waals surface area contributed by atoms with Crippen LogP contribution in [0.5, 0.6) is 0 Å². The minimum absolute atomic E-state index is 0.0289. The highest BCUT2D eigenvalue weighted by Gasteiger charge is 2.30. The third-order valence-electron chi connectivity index (χ3n) is 5.63. The van der Waals surface area contributed by atoms with Crippen LogP contribution >= 0.6 is 0 Å². The first kappa shape index (κ1) is 22.9. The first-order chi connectivity index (χ1) is 14.0. The second-order valence-electron chi connectivity index (χ2n) is 8.10. The fourth-order valence-electron chi connectivity index (χ4n) is 3.82. The summed E-state index contributed by atoms with van der Waals surface area (Å²) in [6, 6.07) is 10.8. The minimum Gasteiger partial charge on any atom is -0.300 e. The van der Waals surface area contributed by atoms with Crippen LogP contribution in [0.3, 0.4) is 0 Å². The van der Waals surface area contributed by atoms with E-state index in [1.807, 2.05) is 56.9 Å². The summed E-state index contributed by atoms with van der Waals surface area (Å²) in [7, 11) is -6.92. The Balaban J connectivity index is 1.62. The molecule has 0 bridgehead atoms. The predicted molar refractivity (Wildman–Crippen MR) is 119 cm³/mol. The molecule has 0 amide bonds. The molecule has 2 aromatic rings. The highest BCUT2D eigenvalue weighted by Crippen LogP contribution is 2.23. The van der Waals surface area contributed by atoms with Gasteiger partial charge in [0, 0.05) is 32.7 Å². The molecule has 2 aromatic carbocycles. The number of nitrogens with zero attached hydrogens (tertiary/aromatic N) is 2. The Morgan fingerprint density at radius 3 is 1.97 bits per heavy atom. The second kappa shape index (κ2) is 8.78. The maximum absolute atomic E-state index is 13.0. The van der Waals surface area contributed by atoms with E-state index in [9.17, 15) is 16.8 Å². The van der Waals surface area contributed by atoms with Gasteiger partial charge in [0.25, 0.3) is 0 Å². The van der Waals surface area contributed by atoms with Crippen LogP contribution in [-0.2, 0) is 19.9 Å². The van der Waals surface area contributed by atoms with Crippen molar-refractivity contribution >= 4 is 19.9 Å². The molecule has 1 saturated heterocycles. The summed E-state index contributed by atoms with van der Waals surface area (Å²) < 4.78 is 53.1. The molecular formula is C22H30N2O4S2. The zero-order valence-electron chi connectivity index (χ0n) is 18.1. The Kier molecular flexibility index (Phi) is 6.72. The Morgan fingerprint density at radius 2 is 1.33 bits per heavy atom. The smallest absolute Gasteiger partial charge is 0.243 e. The number of benzene rings is 2. The van der Waals surface area contributed by atoms with E-state index >= 15 is 0 Å². The lowest BCUT2D eigenvalue weighted by molar-refractivity contribution is 0.197. The Bertz CT molecular complexity index is 1130. The number of sulfonamides is 1. The molecule has 0 aliphatic carbocycles. The van der Waals surface area contributed by atoms with Crippen LogP contribution in [0.2, 0.25) is 0 Å². The summed E-state index contributed by atoms with van der Waals surface area (Å²) in [5, 5.41) is 0. The maximum Gasteiger partial charge on any atom is 0.243 e. The molecule has 1 fully saturated rings. The monoisotopic (exact) mass is 450 g/mol. The standard InChI is InChI=1S/C22H30N2O4S2/c1-17-6-8-21(20(4)15-17)30(27,28)24-11-9-23(10-12-24)13-14-29(25,26)22-16-18(2)5-7-19(22)3/h5-8,15-16H,9-14H2,1-4H3. The topological polar surface area (TPSA) is 74.8 Å². The van der Waals surface area contributed by atoms with Crippen LogP contribution in [0, 0.1) is 27.7 Å². The normalized spacial score (nSPS) is 16.7. The summed E-state index contributed by atoms with van der Waals surface area (Å²) in [5.74, 6) is 0.0289. The van der Waals surface area contributed by atoms with Gasteiger partial charge in [-0.3, -0.25) is 4.90 Å². The molecule has 1 aliphatic heterocycles. The molecule has 30 heavy (non-hydrogen) atoms. The predicted octanol–water partition coefficient (Wildman–Crippen LogP) is 2.70. The molecule has 8 heteroatoms. The fourth-order valence-corrected chi connectivity index (χ4v) is 7.09. The summed E-state index contributed by atoms with van der Waals surface area (Å²) in [6.07, 6.45) is 0. The Hall–Kier alpha value is -1.74. The third kappa shape index (κ3) is 4.94. The van der Waals surface area contributed by atoms with Crippen molar-refractivity contribution in [3.8, 4) is 0 Å². The van der Waals surface area contributed by atoms with E-state index in [-0.39, 0.29) is 5.75 Å². The maximum atomic E-state index is 13.0. The van der Waals surface area contributed by atoms with Crippen molar-refractivity contribution < 1.29 is 16.8 Å². The zero-order chi connectivity index (χ0) is 22.1. The summed E-state index contributed by atoms with van der Waals surface area (Å²) in [5.41, 5.74) is 3.45. The number of hydrogen-bond acceptors (Lipinski definition) is 5. The van der Waals surface area contributed by atoms with E-state index in [4.69, 9.17) is 0 Å². The summed E-state index contributed by atoms with van der Waals surface area (Å²) in [4.78, 5) is 2.76. The van der Waals surface area contributed by atoms with E-state index in [1.165, 1.54) is 4.31 Å². The molecule has 0 aromatic heterocycles. The molecule has 3 rings (SSSR count). The van der Waals surface area contributed by atoms with E-state index in [2.05, 4.69) is 0 Å². The van der Waals surface area contributed by atoms with E-state index in [0.29, 0.717) is 42.5 Å². The average Bonchev–Trinajstić information content (AvgIpc) is 2.68. The van der Waals surface area contributed by atoms with Gasteiger partial charge >= 0.3 is 0 Å². The average molecular weight is 451 g/mol. The van der Waals surface area contributed by atoms with Crippen LogP contribution in [0.25, 0.3) is 0 Å². The SMILES string of the molecule is Cc1ccc(S(=O)(=O)N2CCN(CCS(=O)(=O)c3cc(C)ccc3C)CC2)c(C)c1. The summed E-state index contributed by atoms with van der Waals surface area (Å²) >= 11 is 0. The van der Waals surface area contributed by atoms with Crippen molar-refractivity contribution in [2.75, 3.05) is 38.5 Å². The summed E-state index contributed by atoms with van der Waals surface area (Å²) in [6.45, 7) is 9.60. The molecule has 0 radical (unpaired) electrons. The number of hydrogen-bond donors (Lipinski definition) is 0. The van der Waals surface area contributed by atoms with E-state index in [1.54, 1.807) is 12.1 Å². The first-order valence-corrected chi connectivity index (χ1v) is 13.2. The van der Waals surface area contributed by atoms with Crippen molar-refractivity contribution in [3.05, 3.63) is 58.7 Å². The van der Waals surface area contributed by atoms with Crippen molar-refractivity contribution in [2.24, 2.45) is 0 Å². The van der Waals surface area contributed by atoms with Crippen LogP contribution in [0.4, 0.5) is 0 Å². The van der Waals surface area contributed by atoms with Gasteiger partial charge in [-0.05, 0) is 56.5 Å². The van der Waals surface area contributed by atoms with E-state index < -0.39 is 19.9 Å². The van der Waals surface area contributed by atoms with Crippen molar-refractivity contribution in [2.45, 2.75) is 37.5 Å². The van der Waals surface area contributed by atoms with Gasteiger partial charge in [0.1, 0.15) is 0 Å². The number of aryl methyl sites for hydroxylation is 4. The molecule has 0 saturated carbocycles. The van der Waals surface area contributed by atoms with Gasteiger partial charge in [-0.15, -0.1) is 0 Å². The lowest BCUT2D eigenvalue weighted by atomic mass is 10.2. The zero-order valence-corrected chi connectivity index (χ0v) is 19.7. The molecule has 0 unspecified atom stereocenters. The van der Waals surface area contributed by atoms with Crippen LogP contribution in [0.1, 0.15) is 22.3 Å². The van der Waals surface area contributed by atoms with Gasteiger partial charge in [0.2, 0.25) is 10.0 Å². The van der Waals surface area contributed by atoms with Crippen molar-refractivity contribution in [1.82, 2.24) is 9.21 Å².